The number of carbonyl (C=O) groups excluding carboxylic acids is 2. The van der Waals surface area contributed by atoms with Crippen LogP contribution in [0, 0.1) is 23.5 Å². The normalized spacial score (nSPS) is 17.2. The fourth-order valence-corrected chi connectivity index (χ4v) is 5.34. The smallest absolute Gasteiger partial charge is 0.433 e. The van der Waals surface area contributed by atoms with Crippen molar-refractivity contribution in [2.45, 2.75) is 32.1 Å². The Morgan fingerprint density at radius 1 is 1.10 bits per heavy atom. The minimum absolute atomic E-state index is 0.0315. The minimum Gasteiger partial charge on any atom is -0.509 e. The zero-order chi connectivity index (χ0) is 35.7. The molecule has 2 aromatic carbocycles. The summed E-state index contributed by atoms with van der Waals surface area (Å²) >= 11 is 6.10. The van der Waals surface area contributed by atoms with Gasteiger partial charge in [-0.3, -0.25) is 19.5 Å². The number of aromatic nitrogens is 2. The van der Waals surface area contributed by atoms with E-state index in [4.69, 9.17) is 16.3 Å². The van der Waals surface area contributed by atoms with Crippen LogP contribution in [0.5, 0.6) is 0 Å². The second kappa shape index (κ2) is 14.1. The molecule has 10 nitrogen and oxygen atoms in total. The molecule has 2 N–H and O–H groups in total. The number of alkyl halides is 3. The summed E-state index contributed by atoms with van der Waals surface area (Å²) < 4.78 is 75.8. The summed E-state index contributed by atoms with van der Waals surface area (Å²) in [5.41, 5.74) is -4.12. The molecule has 3 heterocycles. The van der Waals surface area contributed by atoms with Crippen molar-refractivity contribution in [1.29, 1.82) is 0 Å². The Kier molecular flexibility index (Phi) is 10.3. The quantitative estimate of drug-likeness (QED) is 0.205. The van der Waals surface area contributed by atoms with Crippen molar-refractivity contribution >= 4 is 29.1 Å². The third kappa shape index (κ3) is 7.52. The molecule has 0 bridgehead atoms. The van der Waals surface area contributed by atoms with E-state index in [1.54, 1.807) is 0 Å². The summed E-state index contributed by atoms with van der Waals surface area (Å²) in [7, 11) is 1.42. The number of halogens is 6. The van der Waals surface area contributed by atoms with Crippen LogP contribution in [0.1, 0.15) is 30.7 Å². The van der Waals surface area contributed by atoms with Crippen LogP contribution in [-0.2, 0) is 27.0 Å². The average molecular weight is 705 g/mol. The number of hydrazine groups is 1. The van der Waals surface area contributed by atoms with Crippen molar-refractivity contribution < 1.29 is 41.4 Å². The van der Waals surface area contributed by atoms with Gasteiger partial charge < -0.3 is 15.2 Å². The van der Waals surface area contributed by atoms with Gasteiger partial charge in [0.05, 0.1) is 48.8 Å². The molecule has 0 radical (unpaired) electrons. The zero-order valence-electron chi connectivity index (χ0n) is 26.5. The van der Waals surface area contributed by atoms with E-state index < -0.39 is 58.7 Å². The van der Waals surface area contributed by atoms with Crippen molar-refractivity contribution in [2.75, 3.05) is 45.2 Å². The first kappa shape index (κ1) is 35.7. The number of aliphatic hydroxyl groups is 1. The molecule has 1 saturated heterocycles. The first-order chi connectivity index (χ1) is 23.1. The van der Waals surface area contributed by atoms with E-state index in [1.807, 2.05) is 4.90 Å². The Hall–Kier alpha value is -4.62. The van der Waals surface area contributed by atoms with E-state index in [2.05, 4.69) is 27.1 Å². The Labute approximate surface area is 283 Å². The monoisotopic (exact) mass is 704 g/mol. The number of rotatable bonds is 6. The highest BCUT2D eigenvalue weighted by Gasteiger charge is 2.46. The Balaban J connectivity index is 1.41. The molecule has 258 valence electrons. The molecule has 0 atom stereocenters. The van der Waals surface area contributed by atoms with Crippen LogP contribution in [0.3, 0.4) is 0 Å². The minimum atomic E-state index is -4.79. The molecular formula is C33H30ClF5N6O4. The van der Waals surface area contributed by atoms with Gasteiger partial charge in [0.2, 0.25) is 0 Å². The molecule has 5 rings (SSSR count). The SMILES string of the molecule is CN1N(Cc2ccc(C#CCN3CCOCC3)c(F)c2F)C(=O)C(C(=O)Nc2ccc(Cl)cc2-c2cc(C(F)(F)F)ncn2)=C(O)C1(C)C. The van der Waals surface area contributed by atoms with Gasteiger partial charge in [-0.05, 0) is 44.2 Å². The summed E-state index contributed by atoms with van der Waals surface area (Å²) in [5, 5.41) is 15.9. The molecule has 1 aromatic heterocycles. The van der Waals surface area contributed by atoms with Gasteiger partial charge in [-0.25, -0.2) is 23.8 Å². The van der Waals surface area contributed by atoms with E-state index in [0.29, 0.717) is 45.2 Å². The van der Waals surface area contributed by atoms with E-state index in [9.17, 15) is 27.9 Å². The lowest BCUT2D eigenvalue weighted by Gasteiger charge is -2.46. The fraction of sp³-hybridized carbons (Fsp3) is 0.333. The van der Waals surface area contributed by atoms with Gasteiger partial charge in [-0.15, -0.1) is 0 Å². The molecule has 2 aliphatic heterocycles. The zero-order valence-corrected chi connectivity index (χ0v) is 27.2. The molecular weight excluding hydrogens is 675 g/mol. The Morgan fingerprint density at radius 2 is 1.82 bits per heavy atom. The second-order valence-electron chi connectivity index (χ2n) is 11.7. The van der Waals surface area contributed by atoms with Gasteiger partial charge in [-0.1, -0.05) is 29.5 Å². The molecule has 3 aromatic rings. The highest BCUT2D eigenvalue weighted by Crippen LogP contribution is 2.36. The van der Waals surface area contributed by atoms with Crippen molar-refractivity contribution in [1.82, 2.24) is 24.9 Å². The number of anilines is 1. The fourth-order valence-electron chi connectivity index (χ4n) is 5.17. The molecule has 0 unspecified atom stereocenters. The number of likely N-dealkylation sites (N-methyl/N-ethyl adjacent to an activating group) is 1. The Bertz CT molecular complexity index is 1890. The van der Waals surface area contributed by atoms with Gasteiger partial charge in [0.15, 0.2) is 11.6 Å². The van der Waals surface area contributed by atoms with E-state index >= 15 is 8.78 Å². The van der Waals surface area contributed by atoms with Gasteiger partial charge in [0, 0.05) is 36.3 Å². The van der Waals surface area contributed by atoms with E-state index in [-0.39, 0.29) is 33.1 Å². The highest BCUT2D eigenvalue weighted by atomic mass is 35.5. The van der Waals surface area contributed by atoms with Crippen molar-refractivity contribution in [3.63, 3.8) is 0 Å². The third-order valence-electron chi connectivity index (χ3n) is 8.24. The summed E-state index contributed by atoms with van der Waals surface area (Å²) in [4.78, 5) is 36.6. The molecule has 0 saturated carbocycles. The number of hydrogen-bond donors (Lipinski definition) is 2. The first-order valence-corrected chi connectivity index (χ1v) is 15.2. The topological polar surface area (TPSA) is 111 Å². The van der Waals surface area contributed by atoms with Gasteiger partial charge >= 0.3 is 6.18 Å². The molecule has 1 fully saturated rings. The van der Waals surface area contributed by atoms with Crippen LogP contribution < -0.4 is 5.32 Å². The maximum Gasteiger partial charge on any atom is 0.433 e. The van der Waals surface area contributed by atoms with E-state index in [0.717, 1.165) is 5.01 Å². The largest absolute Gasteiger partial charge is 0.509 e. The number of amides is 2. The summed E-state index contributed by atoms with van der Waals surface area (Å²) in [6.07, 6.45) is -4.09. The number of carbonyl (C=O) groups is 2. The van der Waals surface area contributed by atoms with Crippen molar-refractivity contribution in [2.24, 2.45) is 0 Å². The molecule has 49 heavy (non-hydrogen) atoms. The standard InChI is InChI=1S/C33H30ClF5N6O4/c1-32(2)29(46)26(30(47)42-23-9-8-21(34)15-22(23)24-16-25(33(37,38)39)41-18-40-24)31(48)45(43(32)3)17-20-7-6-19(27(35)28(20)36)5-4-10-44-11-13-49-14-12-44/h6-9,15-16,18,46H,10-14,17H2,1-3H3,(H,42,47). The number of ether oxygens (including phenoxy) is 1. The molecule has 2 amide bonds. The van der Waals surface area contributed by atoms with Gasteiger partial charge in [0.1, 0.15) is 23.4 Å². The number of nitrogens with one attached hydrogen (secondary N) is 1. The third-order valence-corrected chi connectivity index (χ3v) is 8.47. The second-order valence-corrected chi connectivity index (χ2v) is 12.1. The lowest BCUT2D eigenvalue weighted by molar-refractivity contribution is -0.160. The number of nitrogens with zero attached hydrogens (tertiary/aromatic N) is 5. The molecule has 16 heteroatoms. The predicted octanol–water partition coefficient (Wildman–Crippen LogP) is 5.20. The molecule has 2 aliphatic rings. The number of morpholine rings is 1. The average Bonchev–Trinajstić information content (AvgIpc) is 3.06. The lowest BCUT2D eigenvalue weighted by Crippen LogP contribution is -2.60. The van der Waals surface area contributed by atoms with Crippen LogP contribution in [0.25, 0.3) is 11.3 Å². The maximum atomic E-state index is 15.3. The van der Waals surface area contributed by atoms with Gasteiger partial charge in [-0.2, -0.15) is 13.2 Å². The molecule has 0 spiro atoms. The van der Waals surface area contributed by atoms with Crippen LogP contribution in [0.15, 0.2) is 54.1 Å². The predicted molar refractivity (Wildman–Crippen MR) is 169 cm³/mol. The molecule has 0 aliphatic carbocycles. The number of hydrogen-bond acceptors (Lipinski definition) is 8. The summed E-state index contributed by atoms with van der Waals surface area (Å²) in [5.74, 6) is 0.214. The van der Waals surface area contributed by atoms with Crippen LogP contribution in [0.2, 0.25) is 5.02 Å². The Morgan fingerprint density at radius 3 is 2.51 bits per heavy atom. The van der Waals surface area contributed by atoms with Crippen molar-refractivity contribution in [3.05, 3.63) is 87.5 Å². The maximum absolute atomic E-state index is 15.3. The van der Waals surface area contributed by atoms with Crippen LogP contribution in [0.4, 0.5) is 27.6 Å². The van der Waals surface area contributed by atoms with E-state index in [1.165, 1.54) is 56.2 Å². The highest BCUT2D eigenvalue weighted by molar-refractivity contribution is 6.31. The van der Waals surface area contributed by atoms with Crippen LogP contribution >= 0.6 is 11.6 Å². The number of aliphatic hydroxyl groups excluding tert-OH is 1. The summed E-state index contributed by atoms with van der Waals surface area (Å²) in [6.45, 7) is 5.28. The first-order valence-electron chi connectivity index (χ1n) is 14.8. The summed E-state index contributed by atoms with van der Waals surface area (Å²) in [6, 6.07) is 7.13. The number of benzene rings is 2. The van der Waals surface area contributed by atoms with Crippen molar-refractivity contribution in [3.8, 4) is 23.1 Å². The lowest BCUT2D eigenvalue weighted by atomic mass is 9.93. The van der Waals surface area contributed by atoms with Gasteiger partial charge in [0.25, 0.3) is 11.8 Å². The van der Waals surface area contributed by atoms with Crippen LogP contribution in [-0.4, -0.2) is 87.2 Å².